The van der Waals surface area contributed by atoms with Gasteiger partial charge in [0, 0.05) is 17.1 Å². The normalized spacial score (nSPS) is 10.9. The van der Waals surface area contributed by atoms with Crippen molar-refractivity contribution >= 4 is 10.9 Å². The van der Waals surface area contributed by atoms with Crippen LogP contribution < -0.4 is 0 Å². The number of nitrogens with zero attached hydrogens (tertiary/aromatic N) is 2. The third kappa shape index (κ3) is 1.69. The number of benzene rings is 1. The van der Waals surface area contributed by atoms with Crippen LogP contribution in [0.25, 0.3) is 22.2 Å². The lowest BCUT2D eigenvalue weighted by Gasteiger charge is -2.04. The summed E-state index contributed by atoms with van der Waals surface area (Å²) in [4.78, 5) is 4.41. The fraction of sp³-hybridized carbons (Fsp3) is 0.143. The van der Waals surface area contributed by atoms with Crippen LogP contribution >= 0.6 is 0 Å². The van der Waals surface area contributed by atoms with E-state index in [1.54, 1.807) is 0 Å². The number of aromatic nitrogens is 3. The highest BCUT2D eigenvalue weighted by molar-refractivity contribution is 5.86. The van der Waals surface area contributed by atoms with Crippen molar-refractivity contribution in [3.63, 3.8) is 0 Å². The zero-order valence-corrected chi connectivity index (χ0v) is 9.86. The van der Waals surface area contributed by atoms with Crippen LogP contribution in [-0.2, 0) is 0 Å². The molecule has 3 nitrogen and oxygen atoms in total. The van der Waals surface area contributed by atoms with Gasteiger partial charge in [0.05, 0.1) is 17.4 Å². The zero-order valence-electron chi connectivity index (χ0n) is 9.86. The Labute approximate surface area is 99.5 Å². The van der Waals surface area contributed by atoms with E-state index in [2.05, 4.69) is 47.2 Å². The molecule has 0 spiro atoms. The summed E-state index contributed by atoms with van der Waals surface area (Å²) >= 11 is 0. The number of rotatable bonds is 1. The number of nitrogens with one attached hydrogen (secondary N) is 1. The van der Waals surface area contributed by atoms with Gasteiger partial charge in [0.25, 0.3) is 0 Å². The molecule has 0 saturated heterocycles. The van der Waals surface area contributed by atoms with Crippen molar-refractivity contribution in [1.29, 1.82) is 0 Å². The third-order valence-corrected chi connectivity index (χ3v) is 2.96. The maximum Gasteiger partial charge on any atom is 0.0704 e. The van der Waals surface area contributed by atoms with Crippen LogP contribution in [0.3, 0.4) is 0 Å². The van der Waals surface area contributed by atoms with Gasteiger partial charge in [-0.05, 0) is 49.2 Å². The predicted octanol–water partition coefficient (Wildman–Crippen LogP) is 3.24. The Hall–Kier alpha value is -2.16. The molecule has 84 valence electrons. The van der Waals surface area contributed by atoms with E-state index in [0.717, 1.165) is 22.2 Å². The molecule has 1 N–H and O–H groups in total. The van der Waals surface area contributed by atoms with Crippen LogP contribution in [0.5, 0.6) is 0 Å². The van der Waals surface area contributed by atoms with Crippen LogP contribution in [0.4, 0.5) is 0 Å². The number of H-pyrrole nitrogens is 1. The minimum Gasteiger partial charge on any atom is -0.278 e. The van der Waals surface area contributed by atoms with Crippen LogP contribution in [0, 0.1) is 13.8 Å². The molecule has 0 unspecified atom stereocenters. The lowest BCUT2D eigenvalue weighted by molar-refractivity contribution is 1.11. The molecule has 17 heavy (non-hydrogen) atoms. The Bertz CT molecular complexity index is 683. The molecule has 0 aliphatic heterocycles. The van der Waals surface area contributed by atoms with Crippen LogP contribution in [0.15, 0.2) is 36.7 Å². The molecular formula is C14H13N3. The van der Waals surface area contributed by atoms with E-state index in [1.807, 2.05) is 18.5 Å². The average molecular weight is 223 g/mol. The molecule has 3 heteroatoms. The van der Waals surface area contributed by atoms with Crippen molar-refractivity contribution in [2.75, 3.05) is 0 Å². The van der Waals surface area contributed by atoms with Gasteiger partial charge in [-0.3, -0.25) is 10.1 Å². The maximum absolute atomic E-state index is 4.41. The summed E-state index contributed by atoms with van der Waals surface area (Å²) in [6.45, 7) is 4.16. The van der Waals surface area contributed by atoms with E-state index < -0.39 is 0 Å². The quantitative estimate of drug-likeness (QED) is 0.688. The molecule has 0 bridgehead atoms. The highest BCUT2D eigenvalue weighted by atomic mass is 15.1. The molecule has 1 aromatic carbocycles. The predicted molar refractivity (Wildman–Crippen MR) is 68.8 cm³/mol. The van der Waals surface area contributed by atoms with Gasteiger partial charge < -0.3 is 0 Å². The van der Waals surface area contributed by atoms with Gasteiger partial charge in [0.2, 0.25) is 0 Å². The van der Waals surface area contributed by atoms with Gasteiger partial charge >= 0.3 is 0 Å². The van der Waals surface area contributed by atoms with Gasteiger partial charge in [-0.2, -0.15) is 5.10 Å². The van der Waals surface area contributed by atoms with Gasteiger partial charge in [-0.25, -0.2) is 0 Å². The summed E-state index contributed by atoms with van der Waals surface area (Å²) in [6, 6.07) is 8.36. The Kier molecular flexibility index (Phi) is 2.18. The smallest absolute Gasteiger partial charge is 0.0704 e. The zero-order chi connectivity index (χ0) is 11.8. The van der Waals surface area contributed by atoms with Crippen molar-refractivity contribution in [2.45, 2.75) is 13.8 Å². The topological polar surface area (TPSA) is 41.6 Å². The molecule has 3 aromatic rings. The molecule has 3 rings (SSSR count). The average Bonchev–Trinajstić information content (AvgIpc) is 2.77. The highest BCUT2D eigenvalue weighted by Crippen LogP contribution is 2.25. The first kappa shape index (κ1) is 10.0. The third-order valence-electron chi connectivity index (χ3n) is 2.96. The minimum atomic E-state index is 1.01. The summed E-state index contributed by atoms with van der Waals surface area (Å²) in [7, 11) is 0. The van der Waals surface area contributed by atoms with Crippen molar-refractivity contribution in [3.8, 4) is 11.3 Å². The lowest BCUT2D eigenvalue weighted by Crippen LogP contribution is -1.86. The van der Waals surface area contributed by atoms with Gasteiger partial charge in [-0.15, -0.1) is 0 Å². The number of hydrogen-bond acceptors (Lipinski definition) is 2. The van der Waals surface area contributed by atoms with E-state index in [-0.39, 0.29) is 0 Å². The van der Waals surface area contributed by atoms with Crippen LogP contribution in [-0.4, -0.2) is 15.2 Å². The first-order valence-corrected chi connectivity index (χ1v) is 5.61. The maximum atomic E-state index is 4.41. The number of aromatic amines is 1. The Balaban J connectivity index is 2.23. The highest BCUT2D eigenvalue weighted by Gasteiger charge is 2.05. The summed E-state index contributed by atoms with van der Waals surface area (Å²) in [6.07, 6.45) is 3.70. The van der Waals surface area contributed by atoms with Crippen molar-refractivity contribution < 1.29 is 0 Å². The van der Waals surface area contributed by atoms with Crippen LogP contribution in [0.2, 0.25) is 0 Å². The summed E-state index contributed by atoms with van der Waals surface area (Å²) in [5.74, 6) is 0. The van der Waals surface area contributed by atoms with Gasteiger partial charge in [0.15, 0.2) is 0 Å². The molecule has 0 amide bonds. The lowest BCUT2D eigenvalue weighted by atomic mass is 10.0. The van der Waals surface area contributed by atoms with Crippen molar-refractivity contribution in [3.05, 3.63) is 47.8 Å². The second kappa shape index (κ2) is 3.70. The van der Waals surface area contributed by atoms with E-state index >= 15 is 0 Å². The second-order valence-electron chi connectivity index (χ2n) is 4.35. The van der Waals surface area contributed by atoms with E-state index in [4.69, 9.17) is 0 Å². The molecule has 0 aliphatic carbocycles. The Morgan fingerprint density at radius 2 is 2.00 bits per heavy atom. The monoisotopic (exact) mass is 223 g/mol. The van der Waals surface area contributed by atoms with Crippen molar-refractivity contribution in [1.82, 2.24) is 15.2 Å². The van der Waals surface area contributed by atoms with E-state index in [0.29, 0.717) is 0 Å². The number of pyridine rings is 1. The molecule has 2 aromatic heterocycles. The van der Waals surface area contributed by atoms with E-state index in [9.17, 15) is 0 Å². The van der Waals surface area contributed by atoms with Gasteiger partial charge in [-0.1, -0.05) is 0 Å². The SMILES string of the molecule is Cc1ccnc(-c2cc(C)c3[nH]ncc3c2)c1. The molecule has 2 heterocycles. The molecular weight excluding hydrogens is 210 g/mol. The molecule has 0 atom stereocenters. The van der Waals surface area contributed by atoms with Crippen molar-refractivity contribution in [2.24, 2.45) is 0 Å². The Morgan fingerprint density at radius 3 is 2.82 bits per heavy atom. The minimum absolute atomic E-state index is 1.01. The summed E-state index contributed by atoms with van der Waals surface area (Å²) in [5.41, 5.74) is 5.66. The summed E-state index contributed by atoms with van der Waals surface area (Å²) in [5, 5.41) is 8.20. The Morgan fingerprint density at radius 1 is 1.12 bits per heavy atom. The fourth-order valence-electron chi connectivity index (χ4n) is 2.08. The van der Waals surface area contributed by atoms with Crippen LogP contribution in [0.1, 0.15) is 11.1 Å². The number of aryl methyl sites for hydroxylation is 2. The molecule has 0 fully saturated rings. The first-order valence-electron chi connectivity index (χ1n) is 5.61. The van der Waals surface area contributed by atoms with E-state index in [1.165, 1.54) is 11.1 Å². The summed E-state index contributed by atoms with van der Waals surface area (Å²) < 4.78 is 0. The molecule has 0 aliphatic rings. The second-order valence-corrected chi connectivity index (χ2v) is 4.35. The standard InChI is InChI=1S/C14H13N3/c1-9-3-4-15-13(5-9)11-6-10(2)14-12(7-11)8-16-17-14/h3-8H,1-2H3,(H,16,17). The molecule has 0 radical (unpaired) electrons. The first-order chi connectivity index (χ1) is 8.24. The number of hydrogen-bond donors (Lipinski definition) is 1. The fourth-order valence-corrected chi connectivity index (χ4v) is 2.08. The van der Waals surface area contributed by atoms with Gasteiger partial charge in [0.1, 0.15) is 0 Å². The largest absolute Gasteiger partial charge is 0.278 e. The molecule has 0 saturated carbocycles. The number of fused-ring (bicyclic) bond motifs is 1.